The van der Waals surface area contributed by atoms with E-state index in [0.29, 0.717) is 11.6 Å². The third kappa shape index (κ3) is 5.71. The SMILES string of the molecule is COc1ccc(OC)c(N2CCN(CCNc3nccc(CC(N)=O)n3)CC2)c1. The van der Waals surface area contributed by atoms with Crippen molar-refractivity contribution in [1.29, 1.82) is 0 Å². The van der Waals surface area contributed by atoms with Gasteiger partial charge >= 0.3 is 0 Å². The van der Waals surface area contributed by atoms with E-state index in [4.69, 9.17) is 15.2 Å². The number of aromatic nitrogens is 2. The molecule has 1 aromatic heterocycles. The maximum Gasteiger partial charge on any atom is 0.223 e. The molecule has 0 aliphatic carbocycles. The first kappa shape index (κ1) is 20.7. The van der Waals surface area contributed by atoms with Crippen molar-refractivity contribution in [3.8, 4) is 11.5 Å². The summed E-state index contributed by atoms with van der Waals surface area (Å²) in [5.74, 6) is 1.79. The zero-order valence-electron chi connectivity index (χ0n) is 16.9. The summed E-state index contributed by atoms with van der Waals surface area (Å²) < 4.78 is 10.9. The largest absolute Gasteiger partial charge is 0.497 e. The number of methoxy groups -OCH3 is 2. The maximum absolute atomic E-state index is 11.0. The van der Waals surface area contributed by atoms with E-state index in [-0.39, 0.29) is 6.42 Å². The van der Waals surface area contributed by atoms with Gasteiger partial charge < -0.3 is 25.4 Å². The molecule has 2 aromatic rings. The van der Waals surface area contributed by atoms with Crippen LogP contribution in [0.4, 0.5) is 11.6 Å². The first-order chi connectivity index (χ1) is 14.1. The Balaban J connectivity index is 1.48. The summed E-state index contributed by atoms with van der Waals surface area (Å²) in [5.41, 5.74) is 6.90. The van der Waals surface area contributed by atoms with E-state index < -0.39 is 5.91 Å². The number of nitrogens with zero attached hydrogens (tertiary/aromatic N) is 4. The highest BCUT2D eigenvalue weighted by atomic mass is 16.5. The Kier molecular flexibility index (Phi) is 7.07. The molecule has 0 bridgehead atoms. The summed E-state index contributed by atoms with van der Waals surface area (Å²) in [5, 5.41) is 3.22. The highest BCUT2D eigenvalue weighted by molar-refractivity contribution is 5.76. The molecule has 3 rings (SSSR count). The minimum atomic E-state index is -0.403. The van der Waals surface area contributed by atoms with Crippen LogP contribution in [0.1, 0.15) is 5.69 Å². The Morgan fingerprint density at radius 3 is 2.66 bits per heavy atom. The van der Waals surface area contributed by atoms with Crippen LogP contribution in [0.2, 0.25) is 0 Å². The van der Waals surface area contributed by atoms with Crippen molar-refractivity contribution < 1.29 is 14.3 Å². The summed E-state index contributed by atoms with van der Waals surface area (Å²) >= 11 is 0. The monoisotopic (exact) mass is 400 g/mol. The minimum Gasteiger partial charge on any atom is -0.497 e. The average Bonchev–Trinajstić information content (AvgIpc) is 2.73. The molecule has 0 atom stereocenters. The molecule has 0 unspecified atom stereocenters. The number of piperazine rings is 1. The van der Waals surface area contributed by atoms with Gasteiger partial charge in [-0.3, -0.25) is 9.69 Å². The van der Waals surface area contributed by atoms with Gasteiger partial charge in [0.1, 0.15) is 11.5 Å². The van der Waals surface area contributed by atoms with Gasteiger partial charge in [-0.2, -0.15) is 0 Å². The number of hydrogen-bond acceptors (Lipinski definition) is 8. The Bertz CT molecular complexity index is 824. The Hall–Kier alpha value is -3.07. The fraction of sp³-hybridized carbons (Fsp3) is 0.450. The quantitative estimate of drug-likeness (QED) is 0.635. The summed E-state index contributed by atoms with van der Waals surface area (Å²) in [6, 6.07) is 7.57. The molecule has 2 heterocycles. The van der Waals surface area contributed by atoms with E-state index in [0.717, 1.165) is 56.5 Å². The van der Waals surface area contributed by atoms with Crippen molar-refractivity contribution in [2.75, 3.05) is 63.7 Å². The number of anilines is 2. The predicted molar refractivity (Wildman–Crippen MR) is 112 cm³/mol. The molecule has 1 aliphatic heterocycles. The molecule has 1 fully saturated rings. The van der Waals surface area contributed by atoms with Crippen LogP contribution in [0.5, 0.6) is 11.5 Å². The third-order valence-electron chi connectivity index (χ3n) is 4.88. The van der Waals surface area contributed by atoms with Gasteiger partial charge in [-0.05, 0) is 18.2 Å². The number of hydrogen-bond donors (Lipinski definition) is 2. The number of primary amides is 1. The summed E-state index contributed by atoms with van der Waals surface area (Å²) in [6.07, 6.45) is 1.75. The fourth-order valence-corrected chi connectivity index (χ4v) is 3.34. The van der Waals surface area contributed by atoms with Crippen LogP contribution in [-0.2, 0) is 11.2 Å². The van der Waals surface area contributed by atoms with E-state index in [9.17, 15) is 4.79 Å². The van der Waals surface area contributed by atoms with Gasteiger partial charge in [0.15, 0.2) is 0 Å². The normalized spacial score (nSPS) is 14.5. The predicted octanol–water partition coefficient (Wildman–Crippen LogP) is 0.756. The zero-order valence-corrected chi connectivity index (χ0v) is 16.9. The van der Waals surface area contributed by atoms with Crippen LogP contribution < -0.4 is 25.4 Å². The van der Waals surface area contributed by atoms with Crippen molar-refractivity contribution in [2.45, 2.75) is 6.42 Å². The molecule has 29 heavy (non-hydrogen) atoms. The van der Waals surface area contributed by atoms with Crippen molar-refractivity contribution in [3.05, 3.63) is 36.2 Å². The molecule has 0 saturated carbocycles. The molecule has 1 aromatic carbocycles. The second kappa shape index (κ2) is 9.92. The van der Waals surface area contributed by atoms with Crippen LogP contribution in [-0.4, -0.2) is 74.3 Å². The molecule has 1 aliphatic rings. The minimum absolute atomic E-state index is 0.118. The first-order valence-corrected chi connectivity index (χ1v) is 9.62. The number of ether oxygens (including phenoxy) is 2. The Morgan fingerprint density at radius 2 is 1.97 bits per heavy atom. The number of nitrogens with two attached hydrogens (primary N) is 1. The molecular formula is C20H28N6O3. The smallest absolute Gasteiger partial charge is 0.223 e. The molecule has 9 heteroatoms. The molecule has 0 spiro atoms. The van der Waals surface area contributed by atoms with Crippen molar-refractivity contribution in [1.82, 2.24) is 14.9 Å². The van der Waals surface area contributed by atoms with Crippen LogP contribution in [0.25, 0.3) is 0 Å². The number of nitrogens with one attached hydrogen (secondary N) is 1. The number of amides is 1. The van der Waals surface area contributed by atoms with E-state index >= 15 is 0 Å². The summed E-state index contributed by atoms with van der Waals surface area (Å²) in [6.45, 7) is 5.33. The highest BCUT2D eigenvalue weighted by Crippen LogP contribution is 2.32. The molecular weight excluding hydrogens is 372 g/mol. The van der Waals surface area contributed by atoms with E-state index in [2.05, 4.69) is 25.1 Å². The maximum atomic E-state index is 11.0. The Labute approximate surface area is 170 Å². The second-order valence-electron chi connectivity index (χ2n) is 6.81. The molecule has 1 amide bonds. The number of carbonyl (C=O) groups excluding carboxylic acids is 1. The van der Waals surface area contributed by atoms with Crippen LogP contribution >= 0.6 is 0 Å². The molecule has 156 valence electrons. The van der Waals surface area contributed by atoms with Crippen molar-refractivity contribution in [2.24, 2.45) is 5.73 Å². The molecule has 1 saturated heterocycles. The molecule has 9 nitrogen and oxygen atoms in total. The van der Waals surface area contributed by atoms with Gasteiger partial charge in [0, 0.05) is 51.5 Å². The van der Waals surface area contributed by atoms with Gasteiger partial charge in [-0.15, -0.1) is 0 Å². The second-order valence-corrected chi connectivity index (χ2v) is 6.81. The van der Waals surface area contributed by atoms with Crippen LogP contribution in [0.3, 0.4) is 0 Å². The number of carbonyl (C=O) groups is 1. The number of benzene rings is 1. The van der Waals surface area contributed by atoms with Gasteiger partial charge in [0.2, 0.25) is 11.9 Å². The van der Waals surface area contributed by atoms with E-state index in [1.807, 2.05) is 18.2 Å². The molecule has 3 N–H and O–H groups in total. The standard InChI is InChI=1S/C20H28N6O3/c1-28-16-3-4-18(29-2)17(14-16)26-11-9-25(10-12-26)8-7-23-20-22-6-5-15(24-20)13-19(21)27/h3-6,14H,7-13H2,1-2H3,(H2,21,27)(H,22,23,24). The lowest BCUT2D eigenvalue weighted by molar-refractivity contribution is -0.117. The van der Waals surface area contributed by atoms with Gasteiger partial charge in [-0.25, -0.2) is 9.97 Å². The van der Waals surface area contributed by atoms with Gasteiger partial charge in [0.05, 0.1) is 32.0 Å². The lowest BCUT2D eigenvalue weighted by atomic mass is 10.2. The van der Waals surface area contributed by atoms with Crippen LogP contribution in [0.15, 0.2) is 30.5 Å². The van der Waals surface area contributed by atoms with E-state index in [1.54, 1.807) is 26.5 Å². The average molecular weight is 400 g/mol. The Morgan fingerprint density at radius 1 is 1.17 bits per heavy atom. The van der Waals surface area contributed by atoms with Gasteiger partial charge in [-0.1, -0.05) is 0 Å². The van der Waals surface area contributed by atoms with Crippen molar-refractivity contribution in [3.63, 3.8) is 0 Å². The fourth-order valence-electron chi connectivity index (χ4n) is 3.34. The summed E-state index contributed by atoms with van der Waals surface area (Å²) in [7, 11) is 3.36. The zero-order chi connectivity index (χ0) is 20.6. The van der Waals surface area contributed by atoms with E-state index in [1.165, 1.54) is 0 Å². The number of rotatable bonds is 9. The lowest BCUT2D eigenvalue weighted by Gasteiger charge is -2.36. The molecule has 0 radical (unpaired) electrons. The van der Waals surface area contributed by atoms with Crippen LogP contribution in [0, 0.1) is 0 Å². The third-order valence-corrected chi connectivity index (χ3v) is 4.88. The summed E-state index contributed by atoms with van der Waals surface area (Å²) in [4.78, 5) is 24.2. The topological polar surface area (TPSA) is 106 Å². The highest BCUT2D eigenvalue weighted by Gasteiger charge is 2.20. The lowest BCUT2D eigenvalue weighted by Crippen LogP contribution is -2.47. The van der Waals surface area contributed by atoms with Crippen molar-refractivity contribution >= 4 is 17.5 Å². The van der Waals surface area contributed by atoms with Gasteiger partial charge in [0.25, 0.3) is 0 Å². The first-order valence-electron chi connectivity index (χ1n) is 9.62.